The summed E-state index contributed by atoms with van der Waals surface area (Å²) in [7, 11) is 0. The molecule has 0 radical (unpaired) electrons. The SMILES string of the molecule is O=S([O-])[O-].O=S([O-])[O-].O=S([O-])[O-].[Lu+3].[Lu+3]. The molecule has 0 aliphatic rings. The summed E-state index contributed by atoms with van der Waals surface area (Å²) in [6, 6.07) is 0. The summed E-state index contributed by atoms with van der Waals surface area (Å²) in [5, 5.41) is 0. The van der Waals surface area contributed by atoms with E-state index in [0.29, 0.717) is 0 Å². The minimum absolute atomic E-state index is 0. The van der Waals surface area contributed by atoms with E-state index < -0.39 is 34.1 Å². The molecule has 0 fully saturated rings. The van der Waals surface area contributed by atoms with Crippen LogP contribution < -0.4 is 0 Å². The third-order valence-electron chi connectivity index (χ3n) is 0. The van der Waals surface area contributed by atoms with Crippen LogP contribution >= 0.6 is 0 Å². The second-order valence-electron chi connectivity index (χ2n) is 0.612. The second kappa shape index (κ2) is 24.8. The molecule has 0 heterocycles. The van der Waals surface area contributed by atoms with Gasteiger partial charge in [0, 0.05) is 0 Å². The molecule has 0 N–H and O–H groups in total. The van der Waals surface area contributed by atoms with Crippen LogP contribution in [0.15, 0.2) is 0 Å². The third kappa shape index (κ3) is 383. The minimum Gasteiger partial charge on any atom is -0.784 e. The Morgan fingerprint density at radius 3 is 0.500 bits per heavy atom. The zero-order chi connectivity index (χ0) is 10.7. The van der Waals surface area contributed by atoms with Gasteiger partial charge in [-0.1, -0.05) is 0 Å². The van der Waals surface area contributed by atoms with Crippen LogP contribution in [-0.2, 0) is 34.1 Å². The van der Waals surface area contributed by atoms with E-state index in [4.69, 9.17) is 39.9 Å². The smallest absolute Gasteiger partial charge is 0.784 e. The van der Waals surface area contributed by atoms with Crippen molar-refractivity contribution in [1.29, 1.82) is 0 Å². The Bertz CT molecular complexity index is 116. The first-order valence-corrected chi connectivity index (χ1v) is 4.50. The van der Waals surface area contributed by atoms with Gasteiger partial charge in [-0.25, -0.2) is 0 Å². The molecule has 0 aliphatic carbocycles. The van der Waals surface area contributed by atoms with E-state index in [1.54, 1.807) is 0 Å². The van der Waals surface area contributed by atoms with Gasteiger partial charge in [0.25, 0.3) is 0 Å². The summed E-state index contributed by atoms with van der Waals surface area (Å²) in [6.45, 7) is 0. The molecule has 0 spiro atoms. The molecule has 0 rings (SSSR count). The van der Waals surface area contributed by atoms with E-state index in [1.807, 2.05) is 0 Å². The molecule has 102 valence electrons. The summed E-state index contributed by atoms with van der Waals surface area (Å²) in [5.74, 6) is 0. The molecule has 0 aromatic rings. The van der Waals surface area contributed by atoms with E-state index in [2.05, 4.69) is 0 Å². The average Bonchev–Trinajstić information content (AvgIpc) is 1.54. The van der Waals surface area contributed by atoms with Gasteiger partial charge < -0.3 is 27.3 Å². The fourth-order valence-corrected chi connectivity index (χ4v) is 0. The van der Waals surface area contributed by atoms with Crippen molar-refractivity contribution in [2.75, 3.05) is 0 Å². The third-order valence-corrected chi connectivity index (χ3v) is 0. The van der Waals surface area contributed by atoms with Crippen LogP contribution in [0.4, 0.5) is 0 Å². The summed E-state index contributed by atoms with van der Waals surface area (Å²) in [6.07, 6.45) is 0. The Morgan fingerprint density at radius 1 is 0.500 bits per heavy atom. The van der Waals surface area contributed by atoms with Crippen LogP contribution in [0.1, 0.15) is 0 Å². The van der Waals surface area contributed by atoms with Gasteiger partial charge in [-0.2, -0.15) is 0 Å². The minimum atomic E-state index is -3.11. The van der Waals surface area contributed by atoms with E-state index in [1.165, 1.54) is 0 Å². The quantitative estimate of drug-likeness (QED) is 0.265. The summed E-state index contributed by atoms with van der Waals surface area (Å²) >= 11 is -9.33. The summed E-state index contributed by atoms with van der Waals surface area (Å²) in [5.41, 5.74) is 0. The molecule has 0 unspecified atom stereocenters. The molecule has 0 saturated carbocycles. The predicted octanol–water partition coefficient (Wildman–Crippen LogP) is -3.01. The average molecular weight is 590 g/mol. The molecule has 0 bridgehead atoms. The van der Waals surface area contributed by atoms with Gasteiger partial charge in [0.1, 0.15) is 0 Å². The van der Waals surface area contributed by atoms with Gasteiger partial charge in [-0.05, 0) is 0 Å². The van der Waals surface area contributed by atoms with Gasteiger partial charge in [0.2, 0.25) is 0 Å². The molecule has 0 aromatic carbocycles. The molecule has 0 atom stereocenters. The molecule has 0 saturated heterocycles. The molecular formula is Lu2O9S3. The summed E-state index contributed by atoms with van der Waals surface area (Å²) in [4.78, 5) is 0. The molecule has 0 aliphatic heterocycles. The normalized spacial score (nSPS) is 7.50. The first kappa shape index (κ1) is 30.1. The Kier molecular flexibility index (Phi) is 53.2. The fourth-order valence-electron chi connectivity index (χ4n) is 0. The number of hydrogen-bond donors (Lipinski definition) is 0. The topological polar surface area (TPSA) is 190 Å². The van der Waals surface area contributed by atoms with Crippen molar-refractivity contribution in [3.63, 3.8) is 0 Å². The Labute approximate surface area is 145 Å². The maximum Gasteiger partial charge on any atom is 3.00 e. The maximum absolute atomic E-state index is 8.44. The number of hydrogen-bond acceptors (Lipinski definition) is 9. The van der Waals surface area contributed by atoms with Crippen LogP contribution in [0.5, 0.6) is 0 Å². The van der Waals surface area contributed by atoms with E-state index in [-0.39, 0.29) is 73.7 Å². The van der Waals surface area contributed by atoms with Crippen LogP contribution in [0.2, 0.25) is 0 Å². The van der Waals surface area contributed by atoms with Crippen molar-refractivity contribution in [3.8, 4) is 0 Å². The molecular weight excluding hydrogens is 590 g/mol. The first-order valence-electron chi connectivity index (χ1n) is 1.50. The summed E-state index contributed by atoms with van der Waals surface area (Å²) < 4.78 is 76.0. The van der Waals surface area contributed by atoms with Crippen molar-refractivity contribution >= 4 is 34.1 Å². The second-order valence-corrected chi connectivity index (χ2v) is 1.84. The van der Waals surface area contributed by atoms with E-state index in [9.17, 15) is 0 Å². The van der Waals surface area contributed by atoms with Gasteiger partial charge in [0.15, 0.2) is 0 Å². The Hall–Kier alpha value is 2.68. The monoisotopic (exact) mass is 590 g/mol. The Balaban J connectivity index is -0.0000000270. The fraction of sp³-hybridized carbons (Fsp3) is 0. The van der Waals surface area contributed by atoms with Crippen LogP contribution in [0.25, 0.3) is 0 Å². The van der Waals surface area contributed by atoms with Crippen molar-refractivity contribution < 1.29 is 114 Å². The Morgan fingerprint density at radius 2 is 0.500 bits per heavy atom. The zero-order valence-electron chi connectivity index (χ0n) is 5.42. The largest absolute Gasteiger partial charge is 3.00 e. The molecule has 0 amide bonds. The van der Waals surface area contributed by atoms with E-state index in [0.717, 1.165) is 0 Å². The first-order chi connectivity index (χ1) is 5.20. The van der Waals surface area contributed by atoms with Gasteiger partial charge in [-0.15, -0.1) is 34.1 Å². The molecule has 14 heteroatoms. The van der Waals surface area contributed by atoms with Crippen molar-refractivity contribution in [2.45, 2.75) is 0 Å². The van der Waals surface area contributed by atoms with Crippen LogP contribution in [0.3, 0.4) is 0 Å². The van der Waals surface area contributed by atoms with E-state index >= 15 is 0 Å². The zero-order valence-corrected chi connectivity index (χ0v) is 11.2. The van der Waals surface area contributed by atoms with Gasteiger partial charge >= 0.3 is 73.7 Å². The van der Waals surface area contributed by atoms with Crippen molar-refractivity contribution in [2.24, 2.45) is 0 Å². The van der Waals surface area contributed by atoms with Gasteiger partial charge in [0.05, 0.1) is 0 Å². The van der Waals surface area contributed by atoms with Gasteiger partial charge in [-0.3, -0.25) is 12.6 Å². The molecule has 0 aromatic heterocycles. The molecule has 14 heavy (non-hydrogen) atoms. The number of rotatable bonds is 0. The van der Waals surface area contributed by atoms with Crippen molar-refractivity contribution in [3.05, 3.63) is 0 Å². The van der Waals surface area contributed by atoms with Crippen LogP contribution in [0, 0.1) is 73.7 Å². The van der Waals surface area contributed by atoms with Crippen LogP contribution in [-0.4, -0.2) is 39.9 Å². The predicted molar refractivity (Wildman–Crippen MR) is 29.1 cm³/mol. The molecule has 9 nitrogen and oxygen atoms in total. The standard InChI is InChI=1S/2Lu.3H2O3S/c;;3*1-4(2)3/h;;3*(H2,1,2,3)/q2*+3;;;/p-6. The maximum atomic E-state index is 8.44. The van der Waals surface area contributed by atoms with Crippen molar-refractivity contribution in [1.82, 2.24) is 0 Å².